The Kier molecular flexibility index (Phi) is 5.73. The van der Waals surface area contributed by atoms with Gasteiger partial charge >= 0.3 is 0 Å². The Morgan fingerprint density at radius 2 is 2.09 bits per heavy atom. The van der Waals surface area contributed by atoms with E-state index in [1.165, 1.54) is 0 Å². The van der Waals surface area contributed by atoms with E-state index in [0.717, 1.165) is 76.4 Å². The van der Waals surface area contributed by atoms with Crippen molar-refractivity contribution >= 4 is 5.91 Å². The highest BCUT2D eigenvalue weighted by atomic mass is 16.5. The molecule has 0 unspecified atom stereocenters. The number of nitrogens with one attached hydrogen (secondary N) is 1. The average Bonchev–Trinajstić information content (AvgIpc) is 2.99. The van der Waals surface area contributed by atoms with Crippen LogP contribution in [0.2, 0.25) is 0 Å². The highest BCUT2D eigenvalue weighted by Gasteiger charge is 2.24. The molecule has 5 heteroatoms. The summed E-state index contributed by atoms with van der Waals surface area (Å²) >= 11 is 0. The van der Waals surface area contributed by atoms with E-state index in [0.29, 0.717) is 5.92 Å². The van der Waals surface area contributed by atoms with Crippen LogP contribution >= 0.6 is 0 Å². The predicted molar refractivity (Wildman–Crippen MR) is 88.0 cm³/mol. The Morgan fingerprint density at radius 1 is 1.26 bits per heavy atom. The Bertz CT molecular complexity index is 500. The van der Waals surface area contributed by atoms with Crippen molar-refractivity contribution in [2.45, 2.75) is 51.7 Å². The van der Waals surface area contributed by atoms with E-state index < -0.39 is 0 Å². The first-order valence-electron chi connectivity index (χ1n) is 8.87. The van der Waals surface area contributed by atoms with Gasteiger partial charge in [0.2, 0.25) is 5.91 Å². The fourth-order valence-corrected chi connectivity index (χ4v) is 3.45. The Morgan fingerprint density at radius 3 is 2.74 bits per heavy atom. The smallest absolute Gasteiger partial charge is 0.249 e. The molecule has 23 heavy (non-hydrogen) atoms. The fourth-order valence-electron chi connectivity index (χ4n) is 3.45. The minimum atomic E-state index is -0.217. The molecule has 1 N–H and O–H groups in total. The van der Waals surface area contributed by atoms with E-state index in [1.54, 1.807) is 0 Å². The molecular weight excluding hydrogens is 292 g/mol. The molecule has 0 aromatic carbocycles. The molecule has 2 aliphatic heterocycles. The second-order valence-electron chi connectivity index (χ2n) is 6.83. The first-order valence-corrected chi connectivity index (χ1v) is 8.87. The van der Waals surface area contributed by atoms with Gasteiger partial charge in [-0.1, -0.05) is 0 Å². The molecule has 128 valence electrons. The first-order chi connectivity index (χ1) is 11.2. The molecular formula is C18H28N2O3. The molecule has 1 atom stereocenters. The van der Waals surface area contributed by atoms with Gasteiger partial charge in [-0.05, 0) is 70.2 Å². The zero-order valence-electron chi connectivity index (χ0n) is 14.1. The summed E-state index contributed by atoms with van der Waals surface area (Å²) in [6.45, 7) is 6.52. The Hall–Kier alpha value is -1.33. The van der Waals surface area contributed by atoms with E-state index in [9.17, 15) is 4.79 Å². The quantitative estimate of drug-likeness (QED) is 0.905. The van der Waals surface area contributed by atoms with Crippen molar-refractivity contribution in [3.63, 3.8) is 0 Å². The molecule has 2 saturated heterocycles. The van der Waals surface area contributed by atoms with Gasteiger partial charge in [0.1, 0.15) is 17.6 Å². The van der Waals surface area contributed by atoms with Gasteiger partial charge in [-0.2, -0.15) is 0 Å². The summed E-state index contributed by atoms with van der Waals surface area (Å²) in [6, 6.07) is 4.08. The van der Waals surface area contributed by atoms with Crippen molar-refractivity contribution in [1.29, 1.82) is 0 Å². The summed E-state index contributed by atoms with van der Waals surface area (Å²) in [4.78, 5) is 14.5. The molecule has 0 bridgehead atoms. The SMILES string of the molecule is Cc1ccc(CN2CCC(CNC(=O)[C@@H]3CCCCO3)CC2)o1. The maximum atomic E-state index is 12.1. The fraction of sp³-hybridized carbons (Fsp3) is 0.722. The third-order valence-electron chi connectivity index (χ3n) is 4.92. The second kappa shape index (κ2) is 7.97. The molecule has 3 heterocycles. The van der Waals surface area contributed by atoms with Crippen molar-refractivity contribution in [2.75, 3.05) is 26.2 Å². The van der Waals surface area contributed by atoms with Crippen LogP contribution in [0, 0.1) is 12.8 Å². The monoisotopic (exact) mass is 320 g/mol. The zero-order chi connectivity index (χ0) is 16.1. The lowest BCUT2D eigenvalue weighted by atomic mass is 9.96. The highest BCUT2D eigenvalue weighted by molar-refractivity contribution is 5.80. The Labute approximate surface area is 138 Å². The van der Waals surface area contributed by atoms with E-state index in [1.807, 2.05) is 13.0 Å². The van der Waals surface area contributed by atoms with Crippen LogP contribution in [-0.2, 0) is 16.1 Å². The lowest BCUT2D eigenvalue weighted by Gasteiger charge is -2.31. The van der Waals surface area contributed by atoms with Crippen LogP contribution in [0.1, 0.15) is 43.6 Å². The first kappa shape index (κ1) is 16.5. The lowest BCUT2D eigenvalue weighted by molar-refractivity contribution is -0.135. The number of rotatable bonds is 5. The zero-order valence-corrected chi connectivity index (χ0v) is 14.1. The average molecular weight is 320 g/mol. The van der Waals surface area contributed by atoms with Gasteiger partial charge in [0.05, 0.1) is 6.54 Å². The van der Waals surface area contributed by atoms with Gasteiger partial charge in [-0.25, -0.2) is 0 Å². The van der Waals surface area contributed by atoms with Crippen molar-refractivity contribution in [1.82, 2.24) is 10.2 Å². The standard InChI is InChI=1S/C18H28N2O3/c1-14-5-6-16(23-14)13-20-9-7-15(8-10-20)12-19-18(21)17-4-2-3-11-22-17/h5-6,15,17H,2-4,7-13H2,1H3,(H,19,21)/t17-/m0/s1. The van der Waals surface area contributed by atoms with Gasteiger partial charge in [-0.15, -0.1) is 0 Å². The van der Waals surface area contributed by atoms with Gasteiger partial charge in [0.25, 0.3) is 0 Å². The number of piperidine rings is 1. The van der Waals surface area contributed by atoms with E-state index >= 15 is 0 Å². The molecule has 1 aromatic rings. The van der Waals surface area contributed by atoms with E-state index in [4.69, 9.17) is 9.15 Å². The molecule has 0 spiro atoms. The summed E-state index contributed by atoms with van der Waals surface area (Å²) in [5.74, 6) is 2.68. The maximum absolute atomic E-state index is 12.1. The number of furan rings is 1. The minimum Gasteiger partial charge on any atom is -0.465 e. The summed E-state index contributed by atoms with van der Waals surface area (Å²) in [6.07, 6.45) is 5.09. The van der Waals surface area contributed by atoms with Crippen molar-refractivity contribution in [2.24, 2.45) is 5.92 Å². The molecule has 1 aromatic heterocycles. The number of carbonyl (C=O) groups excluding carboxylic acids is 1. The Balaban J connectivity index is 1.35. The lowest BCUT2D eigenvalue weighted by Crippen LogP contribution is -2.42. The predicted octanol–water partition coefficient (Wildman–Crippen LogP) is 2.49. The molecule has 0 radical (unpaired) electrons. The normalized spacial score (nSPS) is 23.8. The number of hydrogen-bond acceptors (Lipinski definition) is 4. The van der Waals surface area contributed by atoms with Crippen molar-refractivity contribution in [3.8, 4) is 0 Å². The van der Waals surface area contributed by atoms with Crippen molar-refractivity contribution in [3.05, 3.63) is 23.7 Å². The number of amides is 1. The molecule has 2 fully saturated rings. The van der Waals surface area contributed by atoms with Crippen LogP contribution in [-0.4, -0.2) is 43.2 Å². The van der Waals surface area contributed by atoms with Gasteiger partial charge in [-0.3, -0.25) is 9.69 Å². The maximum Gasteiger partial charge on any atom is 0.249 e. The number of carbonyl (C=O) groups is 1. The number of aryl methyl sites for hydroxylation is 1. The molecule has 3 rings (SSSR count). The van der Waals surface area contributed by atoms with Crippen molar-refractivity contribution < 1.29 is 13.9 Å². The molecule has 2 aliphatic rings. The molecule has 0 aliphatic carbocycles. The largest absolute Gasteiger partial charge is 0.465 e. The third-order valence-corrected chi connectivity index (χ3v) is 4.92. The molecule has 0 saturated carbocycles. The second-order valence-corrected chi connectivity index (χ2v) is 6.83. The van der Waals surface area contributed by atoms with Gasteiger partial charge in [0.15, 0.2) is 0 Å². The van der Waals surface area contributed by atoms with Gasteiger partial charge < -0.3 is 14.5 Å². The van der Waals surface area contributed by atoms with Crippen LogP contribution < -0.4 is 5.32 Å². The summed E-state index contributed by atoms with van der Waals surface area (Å²) < 4.78 is 11.2. The van der Waals surface area contributed by atoms with Crippen LogP contribution in [0.5, 0.6) is 0 Å². The van der Waals surface area contributed by atoms with Crippen LogP contribution in [0.3, 0.4) is 0 Å². The van der Waals surface area contributed by atoms with Crippen LogP contribution in [0.15, 0.2) is 16.5 Å². The number of likely N-dealkylation sites (tertiary alicyclic amines) is 1. The highest BCUT2D eigenvalue weighted by Crippen LogP contribution is 2.20. The van der Waals surface area contributed by atoms with E-state index in [2.05, 4.69) is 16.3 Å². The number of hydrogen-bond donors (Lipinski definition) is 1. The minimum absolute atomic E-state index is 0.0817. The van der Waals surface area contributed by atoms with Crippen LogP contribution in [0.25, 0.3) is 0 Å². The number of ether oxygens (including phenoxy) is 1. The number of nitrogens with zero attached hydrogens (tertiary/aromatic N) is 1. The van der Waals surface area contributed by atoms with E-state index in [-0.39, 0.29) is 12.0 Å². The third kappa shape index (κ3) is 4.82. The summed E-state index contributed by atoms with van der Waals surface area (Å²) in [5.41, 5.74) is 0. The van der Waals surface area contributed by atoms with Crippen LogP contribution in [0.4, 0.5) is 0 Å². The summed E-state index contributed by atoms with van der Waals surface area (Å²) in [7, 11) is 0. The topological polar surface area (TPSA) is 54.7 Å². The summed E-state index contributed by atoms with van der Waals surface area (Å²) in [5, 5.41) is 3.09. The molecule has 5 nitrogen and oxygen atoms in total. The van der Waals surface area contributed by atoms with Gasteiger partial charge in [0, 0.05) is 13.2 Å². The molecule has 1 amide bonds.